The minimum atomic E-state index is -3.62. The summed E-state index contributed by atoms with van der Waals surface area (Å²) in [6, 6.07) is 6.60. The molecule has 1 aromatic carbocycles. The Labute approximate surface area is 137 Å². The average Bonchev–Trinajstić information content (AvgIpc) is 2.65. The van der Waals surface area contributed by atoms with Crippen molar-refractivity contribution < 1.29 is 8.42 Å². The Morgan fingerprint density at radius 3 is 2.53 bits per heavy atom. The highest BCUT2D eigenvalue weighted by atomic mass is 79.9. The molecule has 0 radical (unpaired) electrons. The zero-order valence-corrected chi connectivity index (χ0v) is 15.1. The van der Waals surface area contributed by atoms with Crippen molar-refractivity contribution in [2.45, 2.75) is 11.1 Å². The minimum absolute atomic E-state index is 0.243. The lowest BCUT2D eigenvalue weighted by Crippen LogP contribution is -2.11. The Bertz CT molecular complexity index is 709. The summed E-state index contributed by atoms with van der Waals surface area (Å²) in [5.41, 5.74) is 1.23. The van der Waals surface area contributed by atoms with Crippen LogP contribution in [0.1, 0.15) is 5.56 Å². The molecule has 0 fully saturated rings. The predicted octanol–water partition coefficient (Wildman–Crippen LogP) is 5.04. The minimum Gasteiger partial charge on any atom is -0.277 e. The number of nitrogens with one attached hydrogen (secondary N) is 1. The number of rotatable bonds is 3. The highest BCUT2D eigenvalue weighted by molar-refractivity contribution is 9.11. The fraction of sp³-hybridized carbons (Fsp3) is 0.0909. The van der Waals surface area contributed by atoms with Gasteiger partial charge in [-0.05, 0) is 52.7 Å². The van der Waals surface area contributed by atoms with Crippen molar-refractivity contribution >= 4 is 70.5 Å². The molecule has 0 aliphatic rings. The van der Waals surface area contributed by atoms with Gasteiger partial charge < -0.3 is 0 Å². The Morgan fingerprint density at radius 1 is 1.26 bits per heavy atom. The number of anilines is 1. The van der Waals surface area contributed by atoms with Gasteiger partial charge in [-0.1, -0.05) is 27.5 Å². The molecule has 1 N–H and O–H groups in total. The van der Waals surface area contributed by atoms with E-state index in [0.29, 0.717) is 10.7 Å². The summed E-state index contributed by atoms with van der Waals surface area (Å²) in [5, 5.41) is 0.346. The van der Waals surface area contributed by atoms with Gasteiger partial charge in [-0.15, -0.1) is 11.3 Å². The first kappa shape index (κ1) is 15.3. The van der Waals surface area contributed by atoms with Crippen LogP contribution in [0, 0.1) is 6.92 Å². The first-order valence-corrected chi connectivity index (χ1v) is 9.30. The quantitative estimate of drug-likeness (QED) is 0.720. The van der Waals surface area contributed by atoms with E-state index in [1.807, 2.05) is 6.92 Å². The van der Waals surface area contributed by atoms with E-state index in [4.69, 9.17) is 11.6 Å². The number of aryl methyl sites for hydroxylation is 1. The molecule has 102 valence electrons. The van der Waals surface area contributed by atoms with Gasteiger partial charge in [0.1, 0.15) is 4.21 Å². The van der Waals surface area contributed by atoms with Crippen molar-refractivity contribution in [1.82, 2.24) is 0 Å². The lowest BCUT2D eigenvalue weighted by Gasteiger charge is -2.08. The molecule has 0 aliphatic heterocycles. The summed E-state index contributed by atoms with van der Waals surface area (Å²) in [5.74, 6) is 0. The van der Waals surface area contributed by atoms with Crippen LogP contribution in [0.25, 0.3) is 0 Å². The molecule has 1 aromatic heterocycles. The molecule has 0 unspecified atom stereocenters. The monoisotopic (exact) mass is 443 g/mol. The van der Waals surface area contributed by atoms with Gasteiger partial charge in [0.25, 0.3) is 10.0 Å². The van der Waals surface area contributed by atoms with E-state index in [1.165, 1.54) is 0 Å². The third-order valence-corrected chi connectivity index (χ3v) is 7.07. The van der Waals surface area contributed by atoms with E-state index in [9.17, 15) is 8.42 Å². The standard InChI is InChI=1S/C11H8Br2ClNO2S2/c1-6-4-10(18-11(6)13)19(16,17)15-9-5-7(12)2-3-8(9)14/h2-5,15H,1H3. The molecule has 8 heteroatoms. The Kier molecular flexibility index (Phi) is 4.62. The van der Waals surface area contributed by atoms with E-state index in [-0.39, 0.29) is 4.21 Å². The molecule has 1 heterocycles. The van der Waals surface area contributed by atoms with Crippen molar-refractivity contribution in [3.63, 3.8) is 0 Å². The number of sulfonamides is 1. The second kappa shape index (κ2) is 5.73. The van der Waals surface area contributed by atoms with Crippen LogP contribution < -0.4 is 4.72 Å². The van der Waals surface area contributed by atoms with Gasteiger partial charge in [0.15, 0.2) is 0 Å². The second-order valence-corrected chi connectivity index (χ2v) is 9.35. The van der Waals surface area contributed by atoms with Gasteiger partial charge in [0, 0.05) is 4.47 Å². The van der Waals surface area contributed by atoms with Crippen molar-refractivity contribution in [3.05, 3.63) is 43.1 Å². The topological polar surface area (TPSA) is 46.2 Å². The number of halogens is 3. The molecule has 3 nitrogen and oxygen atoms in total. The average molecular weight is 446 g/mol. The maximum absolute atomic E-state index is 12.2. The third-order valence-electron chi connectivity index (χ3n) is 2.27. The van der Waals surface area contributed by atoms with Crippen molar-refractivity contribution in [3.8, 4) is 0 Å². The summed E-state index contributed by atoms with van der Waals surface area (Å²) < 4.78 is 28.7. The smallest absolute Gasteiger partial charge is 0.271 e. The van der Waals surface area contributed by atoms with Gasteiger partial charge in [0.2, 0.25) is 0 Å². The normalized spacial score (nSPS) is 11.6. The van der Waals surface area contributed by atoms with Gasteiger partial charge in [-0.3, -0.25) is 4.72 Å². The molecule has 19 heavy (non-hydrogen) atoms. The van der Waals surface area contributed by atoms with Gasteiger partial charge in [-0.2, -0.15) is 0 Å². The van der Waals surface area contributed by atoms with Crippen LogP contribution in [0.5, 0.6) is 0 Å². The zero-order valence-electron chi connectivity index (χ0n) is 9.58. The summed E-state index contributed by atoms with van der Waals surface area (Å²) in [7, 11) is -3.62. The van der Waals surface area contributed by atoms with Crippen LogP contribution in [-0.2, 0) is 10.0 Å². The zero-order chi connectivity index (χ0) is 14.2. The van der Waals surface area contributed by atoms with Crippen molar-refractivity contribution in [2.24, 2.45) is 0 Å². The summed E-state index contributed by atoms with van der Waals surface area (Å²) >= 11 is 13.7. The molecule has 0 spiro atoms. The van der Waals surface area contributed by atoms with E-state index in [0.717, 1.165) is 25.2 Å². The highest BCUT2D eigenvalue weighted by Crippen LogP contribution is 2.33. The molecular weight excluding hydrogens is 438 g/mol. The second-order valence-electron chi connectivity index (χ2n) is 3.75. The first-order chi connectivity index (χ1) is 8.79. The summed E-state index contributed by atoms with van der Waals surface area (Å²) in [4.78, 5) is 0. The maximum Gasteiger partial charge on any atom is 0.271 e. The SMILES string of the molecule is Cc1cc(S(=O)(=O)Nc2cc(Br)ccc2Cl)sc1Br. The van der Waals surface area contributed by atoms with Gasteiger partial charge in [-0.25, -0.2) is 8.42 Å². The Hall–Kier alpha value is -0.0800. The number of benzene rings is 1. The van der Waals surface area contributed by atoms with Gasteiger partial charge in [0.05, 0.1) is 14.5 Å². The first-order valence-electron chi connectivity index (χ1n) is 5.03. The van der Waals surface area contributed by atoms with E-state index >= 15 is 0 Å². The fourth-order valence-corrected chi connectivity index (χ4v) is 5.21. The fourth-order valence-electron chi connectivity index (χ4n) is 1.33. The Morgan fingerprint density at radius 2 is 1.95 bits per heavy atom. The highest BCUT2D eigenvalue weighted by Gasteiger charge is 2.19. The lowest BCUT2D eigenvalue weighted by atomic mass is 10.3. The predicted molar refractivity (Wildman–Crippen MR) is 86.7 cm³/mol. The molecule has 0 aliphatic carbocycles. The number of hydrogen-bond donors (Lipinski definition) is 1. The third kappa shape index (κ3) is 3.52. The molecule has 2 rings (SSSR count). The summed E-state index contributed by atoms with van der Waals surface area (Å²) in [6.45, 7) is 1.84. The van der Waals surface area contributed by atoms with Crippen LogP contribution in [-0.4, -0.2) is 8.42 Å². The largest absolute Gasteiger partial charge is 0.277 e. The van der Waals surface area contributed by atoms with Crippen LogP contribution in [0.3, 0.4) is 0 Å². The lowest BCUT2D eigenvalue weighted by molar-refractivity contribution is 0.603. The van der Waals surface area contributed by atoms with Gasteiger partial charge >= 0.3 is 0 Å². The summed E-state index contributed by atoms with van der Waals surface area (Å²) in [6.07, 6.45) is 0. The maximum atomic E-state index is 12.2. The molecule has 0 saturated heterocycles. The molecule has 0 saturated carbocycles. The van der Waals surface area contributed by atoms with Crippen LogP contribution in [0.4, 0.5) is 5.69 Å². The molecule has 2 aromatic rings. The van der Waals surface area contributed by atoms with Crippen LogP contribution in [0.15, 0.2) is 36.7 Å². The molecule has 0 amide bonds. The van der Waals surface area contributed by atoms with E-state index < -0.39 is 10.0 Å². The van der Waals surface area contributed by atoms with Crippen molar-refractivity contribution in [2.75, 3.05) is 4.72 Å². The molecule has 0 bridgehead atoms. The van der Waals surface area contributed by atoms with E-state index in [2.05, 4.69) is 36.6 Å². The molecule has 0 atom stereocenters. The Balaban J connectivity index is 2.39. The van der Waals surface area contributed by atoms with Crippen LogP contribution in [0.2, 0.25) is 5.02 Å². The van der Waals surface area contributed by atoms with E-state index in [1.54, 1.807) is 24.3 Å². The molecular formula is C11H8Br2ClNO2S2. The number of thiophene rings is 1. The van der Waals surface area contributed by atoms with Crippen LogP contribution >= 0.6 is 54.8 Å². The number of hydrogen-bond acceptors (Lipinski definition) is 3. The van der Waals surface area contributed by atoms with Crippen molar-refractivity contribution in [1.29, 1.82) is 0 Å².